The Morgan fingerprint density at radius 3 is 2.52 bits per heavy atom. The van der Waals surface area contributed by atoms with Crippen LogP contribution in [0.4, 0.5) is 0 Å². The van der Waals surface area contributed by atoms with Crippen LogP contribution in [-0.2, 0) is 19.1 Å². The molecule has 0 radical (unpaired) electrons. The minimum atomic E-state index is -1.31. The summed E-state index contributed by atoms with van der Waals surface area (Å²) in [5.41, 5.74) is 2.78. The van der Waals surface area contributed by atoms with E-state index < -0.39 is 11.8 Å². The van der Waals surface area contributed by atoms with Crippen LogP contribution < -0.4 is 9.47 Å². The Balaban J connectivity index is 1.47. The number of thioether (sulfide) groups is 1. The molecule has 6 rings (SSSR count). The summed E-state index contributed by atoms with van der Waals surface area (Å²) in [6.07, 6.45) is 10.9. The van der Waals surface area contributed by atoms with Crippen LogP contribution in [-0.4, -0.2) is 109 Å². The lowest BCUT2D eigenvalue weighted by Crippen LogP contribution is -2.70. The van der Waals surface area contributed by atoms with E-state index >= 15 is 0 Å². The molecule has 1 amide bonds. The average molecular weight is 793 g/mol. The maximum Gasteiger partial charge on any atom is 0.239 e. The molecular formula is C44H60N2O9S. The van der Waals surface area contributed by atoms with Gasteiger partial charge in [-0.3, -0.25) is 4.79 Å². The third kappa shape index (κ3) is 9.82. The molecule has 11 nitrogen and oxygen atoms in total. The fourth-order valence-electron chi connectivity index (χ4n) is 9.00. The number of allylic oxidation sites excluding steroid dienone is 1. The van der Waals surface area contributed by atoms with Crippen molar-refractivity contribution in [2.75, 3.05) is 65.7 Å². The number of carbonyl (C=O) groups is 1. The number of aliphatic hydroxyl groups is 3. The monoisotopic (exact) mass is 792 g/mol. The molecule has 2 saturated carbocycles. The average Bonchev–Trinajstić information content (AvgIpc) is 4.07. The Kier molecular flexibility index (Phi) is 15.7. The molecule has 12 heteroatoms. The van der Waals surface area contributed by atoms with Gasteiger partial charge < -0.3 is 44.0 Å². The maximum absolute atomic E-state index is 14.4. The van der Waals surface area contributed by atoms with Crippen LogP contribution in [0.1, 0.15) is 69.3 Å². The van der Waals surface area contributed by atoms with Crippen LogP contribution in [0.15, 0.2) is 82.9 Å². The molecule has 0 unspecified atom stereocenters. The van der Waals surface area contributed by atoms with Crippen LogP contribution >= 0.6 is 11.8 Å². The van der Waals surface area contributed by atoms with Crippen molar-refractivity contribution in [2.24, 2.45) is 28.8 Å². The molecule has 2 aromatic rings. The number of unbranched alkanes of at least 4 members (excludes halogenated alkanes) is 2. The molecule has 6 atom stereocenters. The molecule has 2 aromatic carbocycles. The first kappa shape index (κ1) is 42.2. The van der Waals surface area contributed by atoms with Crippen molar-refractivity contribution in [3.05, 3.63) is 78.4 Å². The molecule has 2 fully saturated rings. The summed E-state index contributed by atoms with van der Waals surface area (Å²) in [6.45, 7) is 5.59. The van der Waals surface area contributed by atoms with Gasteiger partial charge in [-0.2, -0.15) is 0 Å². The number of amides is 1. The molecule has 1 aliphatic heterocycles. The van der Waals surface area contributed by atoms with Gasteiger partial charge in [-0.25, -0.2) is 0 Å². The summed E-state index contributed by atoms with van der Waals surface area (Å²) < 4.78 is 26.5. The van der Waals surface area contributed by atoms with Crippen molar-refractivity contribution in [2.45, 2.75) is 80.4 Å². The lowest BCUT2D eigenvalue weighted by molar-refractivity contribution is -0.258. The Labute approximate surface area is 336 Å². The number of carbonyl (C=O) groups excluding carboxylic acids is 1. The summed E-state index contributed by atoms with van der Waals surface area (Å²) in [5.74, 6) is 0.630. The van der Waals surface area contributed by atoms with Gasteiger partial charge in [0.25, 0.3) is 0 Å². The van der Waals surface area contributed by atoms with Gasteiger partial charge >= 0.3 is 0 Å². The largest absolute Gasteiger partial charge is 0.493 e. The van der Waals surface area contributed by atoms with Crippen LogP contribution in [0.25, 0.3) is 0 Å². The van der Waals surface area contributed by atoms with Crippen molar-refractivity contribution in [3.63, 3.8) is 0 Å². The number of oxime groups is 1. The lowest BCUT2D eigenvalue weighted by Gasteiger charge is -2.60. The zero-order valence-corrected chi connectivity index (χ0v) is 33.6. The van der Waals surface area contributed by atoms with Crippen molar-refractivity contribution in [3.8, 4) is 11.5 Å². The fraction of sp³-hybridized carbons (Fsp3) is 0.591. The predicted octanol–water partition coefficient (Wildman–Crippen LogP) is 6.37. The molecule has 0 saturated heterocycles. The van der Waals surface area contributed by atoms with E-state index in [1.807, 2.05) is 35.2 Å². The van der Waals surface area contributed by atoms with E-state index in [0.717, 1.165) is 66.9 Å². The molecule has 3 aliphatic carbocycles. The predicted molar refractivity (Wildman–Crippen MR) is 217 cm³/mol. The number of fused-ring (bicyclic) bond motifs is 2. The van der Waals surface area contributed by atoms with E-state index in [1.165, 1.54) is 4.90 Å². The molecule has 306 valence electrons. The van der Waals surface area contributed by atoms with E-state index in [0.29, 0.717) is 38.2 Å². The highest BCUT2D eigenvalue weighted by atomic mass is 32.2. The van der Waals surface area contributed by atoms with Gasteiger partial charge in [-0.1, -0.05) is 48.3 Å². The number of ether oxygens (including phenoxy) is 4. The second-order valence-corrected chi connectivity index (χ2v) is 16.3. The van der Waals surface area contributed by atoms with Crippen LogP contribution in [0.2, 0.25) is 0 Å². The Morgan fingerprint density at radius 1 is 1.02 bits per heavy atom. The number of benzene rings is 2. The number of nitrogens with zero attached hydrogens (tertiary/aromatic N) is 2. The number of hydrogen-bond acceptors (Lipinski definition) is 11. The minimum absolute atomic E-state index is 0.0358. The zero-order chi connectivity index (χ0) is 39.3. The van der Waals surface area contributed by atoms with E-state index in [4.69, 9.17) is 23.8 Å². The first-order valence-corrected chi connectivity index (χ1v) is 21.4. The third-order valence-electron chi connectivity index (χ3n) is 11.5. The van der Waals surface area contributed by atoms with Gasteiger partial charge in [0.05, 0.1) is 44.7 Å². The summed E-state index contributed by atoms with van der Waals surface area (Å²) >= 11 is 1.75. The summed E-state index contributed by atoms with van der Waals surface area (Å²) in [6, 6.07) is 15.8. The number of aliphatic hydroxyl groups excluding tert-OH is 3. The maximum atomic E-state index is 14.4. The molecule has 56 heavy (non-hydrogen) atoms. The van der Waals surface area contributed by atoms with Gasteiger partial charge in [0.2, 0.25) is 11.7 Å². The Hall–Kier alpha value is -3.39. The van der Waals surface area contributed by atoms with Crippen molar-refractivity contribution >= 4 is 23.4 Å². The van der Waals surface area contributed by atoms with Gasteiger partial charge in [-0.15, -0.1) is 18.3 Å². The van der Waals surface area contributed by atoms with E-state index in [2.05, 4.69) is 36.0 Å². The second kappa shape index (κ2) is 20.9. The standard InChI is InChI=1S/C44H60N2O9S/c1-3-23-54-44-40(46(19-24-52-25-22-49)43(50)31-15-16-31)30-38(45-51-2)36-28-32(11-7-9-20-47)35(14-8-10-21-48)41(42(36)44)37-29-33(17-18-39(37)55-44)53-26-27-56-34-12-5-4-6-13-34/h3-6,12-13,17-18,28-29,31-32,35,40-42,47-49H,1,7-11,14-16,19-27,30H2,2H3/t32-,35+,40-,41+,42+,44+/m0/s1. The molecule has 0 aromatic heterocycles. The van der Waals surface area contributed by atoms with Crippen molar-refractivity contribution in [1.29, 1.82) is 0 Å². The smallest absolute Gasteiger partial charge is 0.239 e. The van der Waals surface area contributed by atoms with Crippen molar-refractivity contribution < 1.29 is 43.9 Å². The molecule has 0 spiro atoms. The van der Waals surface area contributed by atoms with Crippen molar-refractivity contribution in [1.82, 2.24) is 4.90 Å². The van der Waals surface area contributed by atoms with E-state index in [1.54, 1.807) is 24.9 Å². The molecule has 3 N–H and O–H groups in total. The summed E-state index contributed by atoms with van der Waals surface area (Å²) in [5, 5.41) is 33.8. The normalized spacial score (nSPS) is 25.8. The fourth-order valence-corrected chi connectivity index (χ4v) is 9.75. The highest BCUT2D eigenvalue weighted by Crippen LogP contribution is 2.62. The molecule has 0 bridgehead atoms. The Bertz CT molecular complexity index is 1640. The van der Waals surface area contributed by atoms with Gasteiger partial charge in [0.1, 0.15) is 24.7 Å². The second-order valence-electron chi connectivity index (χ2n) is 15.1. The van der Waals surface area contributed by atoms with E-state index in [9.17, 15) is 20.1 Å². The lowest BCUT2D eigenvalue weighted by atomic mass is 9.55. The molecule has 4 aliphatic rings. The first-order chi connectivity index (χ1) is 27.5. The van der Waals surface area contributed by atoms with Gasteiger partial charge in [0.15, 0.2) is 0 Å². The van der Waals surface area contributed by atoms with E-state index in [-0.39, 0.29) is 75.1 Å². The quantitative estimate of drug-likeness (QED) is 0.0476. The highest BCUT2D eigenvalue weighted by molar-refractivity contribution is 7.99. The van der Waals surface area contributed by atoms with Gasteiger partial charge in [-0.05, 0) is 86.3 Å². The Morgan fingerprint density at radius 2 is 1.80 bits per heavy atom. The van der Waals surface area contributed by atoms with Crippen LogP contribution in [0, 0.1) is 23.7 Å². The molecular weight excluding hydrogens is 733 g/mol. The zero-order valence-electron chi connectivity index (χ0n) is 32.8. The highest BCUT2D eigenvalue weighted by Gasteiger charge is 2.65. The SMILES string of the molecule is C=CCO[C@@]12Oc3ccc(OCCSc4ccccc4)cc3[C@H]3[C@H](CCCCO)[C@@H](CCCCO)C=C(C(=NOC)C[C@@H]1N(CCOCCO)C(=O)C1CC1)[C@H]32. The first-order valence-electron chi connectivity index (χ1n) is 20.4. The van der Waals surface area contributed by atoms with Gasteiger partial charge in [0, 0.05) is 54.2 Å². The number of rotatable bonds is 24. The van der Waals surface area contributed by atoms with Crippen LogP contribution in [0.5, 0.6) is 11.5 Å². The van der Waals surface area contributed by atoms with Crippen LogP contribution in [0.3, 0.4) is 0 Å². The third-order valence-corrected chi connectivity index (χ3v) is 12.5. The topological polar surface area (TPSA) is 140 Å². The number of hydrogen-bond donors (Lipinski definition) is 3. The minimum Gasteiger partial charge on any atom is -0.493 e. The summed E-state index contributed by atoms with van der Waals surface area (Å²) in [4.78, 5) is 23.0. The summed E-state index contributed by atoms with van der Waals surface area (Å²) in [7, 11) is 1.55. The molecule has 1 heterocycles.